The van der Waals surface area contributed by atoms with Crippen LogP contribution >= 0.6 is 0 Å². The van der Waals surface area contributed by atoms with E-state index in [9.17, 15) is 0 Å². The quantitative estimate of drug-likeness (QED) is 0.385. The van der Waals surface area contributed by atoms with Gasteiger partial charge in [-0.25, -0.2) is 20.4 Å². The van der Waals surface area contributed by atoms with Gasteiger partial charge in [-0.15, -0.1) is 0 Å². The summed E-state index contributed by atoms with van der Waals surface area (Å²) >= 11 is 0. The van der Waals surface area contributed by atoms with Crippen molar-refractivity contribution in [3.8, 4) is 0 Å². The van der Waals surface area contributed by atoms with Crippen LogP contribution < -0.4 is 0 Å². The molecular formula is C22H40N2O2. The SMILES string of the molecule is C1CCCCC(C2CCCCCCCCC2)CCCC1.N=C=O.N=C=O. The van der Waals surface area contributed by atoms with Crippen molar-refractivity contribution in [2.24, 2.45) is 11.8 Å². The molecule has 0 aromatic carbocycles. The largest absolute Gasteiger partial charge is 0.231 e. The van der Waals surface area contributed by atoms with Crippen LogP contribution in [0.3, 0.4) is 0 Å². The van der Waals surface area contributed by atoms with Gasteiger partial charge in [0.15, 0.2) is 0 Å². The average Bonchev–Trinajstić information content (AvgIpc) is 2.65. The molecule has 2 rings (SSSR count). The second-order valence-corrected chi connectivity index (χ2v) is 7.83. The number of carbonyl (C=O) groups excluding carboxylic acids is 2. The molecule has 0 spiro atoms. The molecule has 2 aliphatic rings. The fourth-order valence-electron chi connectivity index (χ4n) is 4.63. The van der Waals surface area contributed by atoms with Crippen LogP contribution in [0.2, 0.25) is 0 Å². The zero-order valence-corrected chi connectivity index (χ0v) is 16.7. The number of hydrogen-bond donors (Lipinski definition) is 2. The number of hydrogen-bond acceptors (Lipinski definition) is 4. The Morgan fingerprint density at radius 1 is 0.423 bits per heavy atom. The summed E-state index contributed by atoms with van der Waals surface area (Å²) in [7, 11) is 0. The van der Waals surface area contributed by atoms with E-state index in [0.29, 0.717) is 0 Å². The maximum absolute atomic E-state index is 8.35. The van der Waals surface area contributed by atoms with Gasteiger partial charge in [0.2, 0.25) is 12.2 Å². The normalized spacial score (nSPS) is 21.4. The van der Waals surface area contributed by atoms with Crippen LogP contribution in [0.25, 0.3) is 0 Å². The molecule has 0 aromatic rings. The number of rotatable bonds is 1. The van der Waals surface area contributed by atoms with E-state index in [1.165, 1.54) is 89.9 Å². The highest BCUT2D eigenvalue weighted by Gasteiger charge is 2.21. The van der Waals surface area contributed by atoms with E-state index in [0.717, 1.165) is 24.0 Å². The highest BCUT2D eigenvalue weighted by molar-refractivity contribution is 5.26. The van der Waals surface area contributed by atoms with Crippen LogP contribution in [0.5, 0.6) is 0 Å². The van der Waals surface area contributed by atoms with Gasteiger partial charge in [0.25, 0.3) is 0 Å². The standard InChI is InChI=1S/C20H38.2CHNO/c1-3-7-11-15-19(16-12-8-4-1)20-17-13-9-5-2-6-10-14-18-20;2*2-1-3/h19-20H,1-18H2;2*2H. The fraction of sp³-hybridized carbons (Fsp3) is 0.909. The van der Waals surface area contributed by atoms with Crippen molar-refractivity contribution in [2.45, 2.75) is 116 Å². The van der Waals surface area contributed by atoms with Gasteiger partial charge in [0.05, 0.1) is 0 Å². The van der Waals surface area contributed by atoms with Crippen molar-refractivity contribution in [1.29, 1.82) is 10.8 Å². The molecule has 0 amide bonds. The van der Waals surface area contributed by atoms with E-state index in [1.54, 1.807) is 25.7 Å². The zero-order chi connectivity index (χ0) is 19.3. The minimum absolute atomic E-state index is 0.750. The smallest absolute Gasteiger partial charge is 0.222 e. The Kier molecular flexibility index (Phi) is 19.1. The third-order valence-electron chi connectivity index (χ3n) is 5.97. The maximum atomic E-state index is 8.35. The van der Waals surface area contributed by atoms with Crippen LogP contribution in [0.1, 0.15) is 116 Å². The molecule has 0 unspecified atom stereocenters. The maximum Gasteiger partial charge on any atom is 0.231 e. The van der Waals surface area contributed by atoms with Crippen molar-refractivity contribution < 1.29 is 9.59 Å². The van der Waals surface area contributed by atoms with Crippen LogP contribution in [-0.4, -0.2) is 12.2 Å². The molecule has 2 N–H and O–H groups in total. The lowest BCUT2D eigenvalue weighted by Crippen LogP contribution is -2.16. The molecule has 0 aliphatic heterocycles. The van der Waals surface area contributed by atoms with Crippen molar-refractivity contribution in [2.75, 3.05) is 0 Å². The Balaban J connectivity index is 0.000000918. The summed E-state index contributed by atoms with van der Waals surface area (Å²) < 4.78 is 0. The van der Waals surface area contributed by atoms with E-state index in [2.05, 4.69) is 0 Å². The molecule has 0 radical (unpaired) electrons. The van der Waals surface area contributed by atoms with Crippen molar-refractivity contribution in [1.82, 2.24) is 0 Å². The Morgan fingerprint density at radius 3 is 0.769 bits per heavy atom. The summed E-state index contributed by atoms with van der Waals surface area (Å²) in [6, 6.07) is 0. The van der Waals surface area contributed by atoms with Crippen LogP contribution in [0, 0.1) is 22.7 Å². The number of nitrogens with one attached hydrogen (secondary N) is 2. The molecule has 26 heavy (non-hydrogen) atoms. The first-order valence-corrected chi connectivity index (χ1v) is 10.9. The predicted molar refractivity (Wildman–Crippen MR) is 107 cm³/mol. The molecule has 0 heterocycles. The highest BCUT2D eigenvalue weighted by atomic mass is 16.1. The molecule has 2 fully saturated rings. The lowest BCUT2D eigenvalue weighted by molar-refractivity contribution is 0.230. The van der Waals surface area contributed by atoms with Gasteiger partial charge in [-0.3, -0.25) is 0 Å². The van der Waals surface area contributed by atoms with E-state index in [1.807, 2.05) is 0 Å². The molecule has 0 atom stereocenters. The van der Waals surface area contributed by atoms with Gasteiger partial charge in [-0.2, -0.15) is 0 Å². The lowest BCUT2D eigenvalue weighted by atomic mass is 9.77. The van der Waals surface area contributed by atoms with Crippen molar-refractivity contribution in [3.63, 3.8) is 0 Å². The summed E-state index contributed by atoms with van der Waals surface area (Å²) in [5.74, 6) is 2.18. The minimum Gasteiger partial charge on any atom is -0.222 e. The summed E-state index contributed by atoms with van der Waals surface area (Å²) in [5, 5.41) is 10.8. The van der Waals surface area contributed by atoms with Crippen molar-refractivity contribution >= 4 is 12.2 Å². The molecule has 0 aromatic heterocycles. The Labute approximate surface area is 160 Å². The third kappa shape index (κ3) is 15.0. The summed E-state index contributed by atoms with van der Waals surface area (Å²) in [5.41, 5.74) is 0. The first-order chi connectivity index (χ1) is 12.8. The fourth-order valence-corrected chi connectivity index (χ4v) is 4.63. The lowest BCUT2D eigenvalue weighted by Gasteiger charge is -2.29. The molecule has 2 aliphatic carbocycles. The first-order valence-electron chi connectivity index (χ1n) is 10.9. The highest BCUT2D eigenvalue weighted by Crippen LogP contribution is 2.34. The summed E-state index contributed by atoms with van der Waals surface area (Å²) in [6.07, 6.45) is 29.0. The molecule has 0 bridgehead atoms. The second-order valence-electron chi connectivity index (χ2n) is 7.83. The topological polar surface area (TPSA) is 81.8 Å². The molecule has 0 saturated heterocycles. The first kappa shape index (κ1) is 24.8. The Hall–Kier alpha value is -1.24. The molecule has 4 heteroatoms. The van der Waals surface area contributed by atoms with Gasteiger partial charge < -0.3 is 0 Å². The van der Waals surface area contributed by atoms with E-state index in [-0.39, 0.29) is 0 Å². The minimum atomic E-state index is 0.750. The third-order valence-corrected chi connectivity index (χ3v) is 5.97. The van der Waals surface area contributed by atoms with Crippen LogP contribution in [0.15, 0.2) is 0 Å². The van der Waals surface area contributed by atoms with Gasteiger partial charge >= 0.3 is 0 Å². The Bertz CT molecular complexity index is 316. The molecule has 150 valence electrons. The van der Waals surface area contributed by atoms with E-state index in [4.69, 9.17) is 20.4 Å². The van der Waals surface area contributed by atoms with Crippen LogP contribution in [0.4, 0.5) is 0 Å². The van der Waals surface area contributed by atoms with Gasteiger partial charge in [-0.05, 0) is 11.8 Å². The molecular weight excluding hydrogens is 324 g/mol. The monoisotopic (exact) mass is 364 g/mol. The Morgan fingerprint density at radius 2 is 0.577 bits per heavy atom. The van der Waals surface area contributed by atoms with Gasteiger partial charge in [-0.1, -0.05) is 116 Å². The second kappa shape index (κ2) is 20.1. The summed E-state index contributed by atoms with van der Waals surface area (Å²) in [4.78, 5) is 16.7. The number of isocyanates is 2. The van der Waals surface area contributed by atoms with Gasteiger partial charge in [0.1, 0.15) is 0 Å². The predicted octanol–water partition coefficient (Wildman–Crippen LogP) is 7.07. The summed E-state index contributed by atoms with van der Waals surface area (Å²) in [6.45, 7) is 0. The van der Waals surface area contributed by atoms with E-state index >= 15 is 0 Å². The molecule has 2 saturated carbocycles. The van der Waals surface area contributed by atoms with Crippen molar-refractivity contribution in [3.05, 3.63) is 0 Å². The average molecular weight is 365 g/mol. The van der Waals surface area contributed by atoms with E-state index < -0.39 is 0 Å². The van der Waals surface area contributed by atoms with Gasteiger partial charge in [0, 0.05) is 0 Å². The van der Waals surface area contributed by atoms with Crippen LogP contribution in [-0.2, 0) is 9.59 Å². The zero-order valence-electron chi connectivity index (χ0n) is 16.7. The molecule has 4 nitrogen and oxygen atoms in total.